The number of nitrogens with zero attached hydrogens (tertiary/aromatic N) is 1. The van der Waals surface area contributed by atoms with Crippen LogP contribution in [0.15, 0.2) is 24.3 Å². The van der Waals surface area contributed by atoms with Gasteiger partial charge in [-0.3, -0.25) is 9.59 Å². The number of rotatable bonds is 8. The number of likely N-dealkylation sites (N-methyl/N-ethyl adjacent to an activating group) is 1. The van der Waals surface area contributed by atoms with Crippen LogP contribution < -0.4 is 10.6 Å². The second kappa shape index (κ2) is 11.6. The molecule has 2 unspecified atom stereocenters. The minimum absolute atomic E-state index is 0.278. The standard InChI is InChI=1S/C24H39N3O4S/c1-16-11-10-12-17(15-16)19(20(28)26-23(2,3)4)27(8)21(29)18(13-14-32-9)25-22(30)31-24(5,6)7/h10-12,15,18-19H,13-14H2,1-9H3,(H,25,30)(H,26,28). The molecule has 2 atom stereocenters. The molecule has 7 nitrogen and oxygen atoms in total. The van der Waals surface area contributed by atoms with Gasteiger partial charge in [0, 0.05) is 12.6 Å². The molecule has 0 spiro atoms. The fraction of sp³-hybridized carbons (Fsp3) is 0.625. The summed E-state index contributed by atoms with van der Waals surface area (Å²) in [4.78, 5) is 40.5. The SMILES string of the molecule is CSCCC(NC(=O)OC(C)(C)C)C(=O)N(C)C(C(=O)NC(C)(C)C)c1cccc(C)c1. The van der Waals surface area contributed by atoms with Gasteiger partial charge < -0.3 is 20.3 Å². The molecule has 8 heteroatoms. The largest absolute Gasteiger partial charge is 0.444 e. The Kier molecular flexibility index (Phi) is 10.1. The van der Waals surface area contributed by atoms with Gasteiger partial charge in [0.2, 0.25) is 11.8 Å². The Morgan fingerprint density at radius 2 is 1.75 bits per heavy atom. The molecule has 0 heterocycles. The van der Waals surface area contributed by atoms with Crippen molar-refractivity contribution in [2.75, 3.05) is 19.1 Å². The highest BCUT2D eigenvalue weighted by atomic mass is 32.2. The second-order valence-electron chi connectivity index (χ2n) is 9.99. The Labute approximate surface area is 197 Å². The summed E-state index contributed by atoms with van der Waals surface area (Å²) in [5, 5.41) is 5.67. The van der Waals surface area contributed by atoms with Gasteiger partial charge in [0.25, 0.3) is 0 Å². The van der Waals surface area contributed by atoms with Crippen LogP contribution in [0, 0.1) is 6.92 Å². The lowest BCUT2D eigenvalue weighted by Gasteiger charge is -2.33. The summed E-state index contributed by atoms with van der Waals surface area (Å²) in [6.07, 6.45) is 1.70. The number of ether oxygens (including phenoxy) is 1. The first kappa shape index (κ1) is 27.8. The third-order valence-corrected chi connectivity index (χ3v) is 5.08. The number of nitrogens with one attached hydrogen (secondary N) is 2. The zero-order valence-corrected chi connectivity index (χ0v) is 21.7. The van der Waals surface area contributed by atoms with Crippen molar-refractivity contribution in [2.45, 2.75) is 78.1 Å². The zero-order valence-electron chi connectivity index (χ0n) is 20.9. The first-order valence-electron chi connectivity index (χ1n) is 10.8. The van der Waals surface area contributed by atoms with Gasteiger partial charge in [-0.25, -0.2) is 4.79 Å². The van der Waals surface area contributed by atoms with Crippen molar-refractivity contribution in [2.24, 2.45) is 0 Å². The van der Waals surface area contributed by atoms with E-state index in [9.17, 15) is 14.4 Å². The highest BCUT2D eigenvalue weighted by molar-refractivity contribution is 7.98. The molecule has 32 heavy (non-hydrogen) atoms. The van der Waals surface area contributed by atoms with Gasteiger partial charge in [-0.05, 0) is 72.5 Å². The van der Waals surface area contributed by atoms with Crippen molar-refractivity contribution in [1.82, 2.24) is 15.5 Å². The predicted octanol–water partition coefficient (Wildman–Crippen LogP) is 4.06. The number of hydrogen-bond donors (Lipinski definition) is 2. The van der Waals surface area contributed by atoms with E-state index < -0.39 is 29.3 Å². The molecule has 180 valence electrons. The average molecular weight is 466 g/mol. The second-order valence-corrected chi connectivity index (χ2v) is 11.0. The summed E-state index contributed by atoms with van der Waals surface area (Å²) < 4.78 is 5.35. The zero-order chi connectivity index (χ0) is 24.7. The van der Waals surface area contributed by atoms with Gasteiger partial charge in [-0.15, -0.1) is 0 Å². The number of hydrogen-bond acceptors (Lipinski definition) is 5. The molecular formula is C24H39N3O4S. The Bertz CT molecular complexity index is 799. The summed E-state index contributed by atoms with van der Waals surface area (Å²) in [5.74, 6) is 0.0453. The van der Waals surface area contributed by atoms with Crippen molar-refractivity contribution in [3.05, 3.63) is 35.4 Å². The van der Waals surface area contributed by atoms with Crippen LogP contribution in [0.25, 0.3) is 0 Å². The predicted molar refractivity (Wildman–Crippen MR) is 131 cm³/mol. The summed E-state index contributed by atoms with van der Waals surface area (Å²) in [7, 11) is 1.60. The van der Waals surface area contributed by atoms with Gasteiger partial charge in [-0.2, -0.15) is 11.8 Å². The quantitative estimate of drug-likeness (QED) is 0.605. The Hall–Kier alpha value is -2.22. The number of alkyl carbamates (subject to hydrolysis) is 1. The maximum absolute atomic E-state index is 13.5. The molecular weight excluding hydrogens is 426 g/mol. The molecule has 2 N–H and O–H groups in total. The van der Waals surface area contributed by atoms with Crippen LogP contribution in [0.3, 0.4) is 0 Å². The number of aryl methyl sites for hydroxylation is 1. The third-order valence-electron chi connectivity index (χ3n) is 4.44. The molecule has 0 saturated heterocycles. The van der Waals surface area contributed by atoms with E-state index in [1.165, 1.54) is 4.90 Å². The minimum atomic E-state index is -0.834. The van der Waals surface area contributed by atoms with Gasteiger partial charge in [0.15, 0.2) is 0 Å². The summed E-state index contributed by atoms with van der Waals surface area (Å²) in [5.41, 5.74) is 0.557. The topological polar surface area (TPSA) is 87.7 Å². The number of carbonyl (C=O) groups excluding carboxylic acids is 3. The van der Waals surface area contributed by atoms with Crippen molar-refractivity contribution in [1.29, 1.82) is 0 Å². The highest BCUT2D eigenvalue weighted by Gasteiger charge is 2.35. The van der Waals surface area contributed by atoms with Crippen LogP contribution in [-0.4, -0.2) is 59.0 Å². The first-order valence-corrected chi connectivity index (χ1v) is 12.2. The Morgan fingerprint density at radius 3 is 2.25 bits per heavy atom. The summed E-state index contributed by atoms with van der Waals surface area (Å²) in [6.45, 7) is 12.9. The van der Waals surface area contributed by atoms with E-state index in [2.05, 4.69) is 10.6 Å². The highest BCUT2D eigenvalue weighted by Crippen LogP contribution is 2.23. The fourth-order valence-electron chi connectivity index (χ4n) is 3.14. The lowest BCUT2D eigenvalue weighted by Crippen LogP contribution is -2.53. The van der Waals surface area contributed by atoms with Crippen LogP contribution in [-0.2, 0) is 14.3 Å². The molecule has 0 saturated carbocycles. The molecule has 0 bridgehead atoms. The van der Waals surface area contributed by atoms with Crippen LogP contribution in [0.4, 0.5) is 4.79 Å². The molecule has 0 aliphatic carbocycles. The van der Waals surface area contributed by atoms with Crippen LogP contribution in [0.2, 0.25) is 0 Å². The maximum Gasteiger partial charge on any atom is 0.408 e. The van der Waals surface area contributed by atoms with Crippen LogP contribution in [0.1, 0.15) is 65.1 Å². The number of thioether (sulfide) groups is 1. The molecule has 1 rings (SSSR count). The molecule has 0 aliphatic rings. The average Bonchev–Trinajstić information content (AvgIpc) is 2.61. The van der Waals surface area contributed by atoms with Gasteiger partial charge in [-0.1, -0.05) is 29.8 Å². The van der Waals surface area contributed by atoms with Crippen molar-refractivity contribution in [3.63, 3.8) is 0 Å². The van der Waals surface area contributed by atoms with Gasteiger partial charge >= 0.3 is 6.09 Å². The van der Waals surface area contributed by atoms with E-state index in [0.717, 1.165) is 5.56 Å². The Balaban J connectivity index is 3.24. The van der Waals surface area contributed by atoms with Crippen molar-refractivity contribution in [3.8, 4) is 0 Å². The molecule has 0 fully saturated rings. The monoisotopic (exact) mass is 465 g/mol. The molecule has 0 radical (unpaired) electrons. The van der Waals surface area contributed by atoms with Crippen molar-refractivity contribution < 1.29 is 19.1 Å². The van der Waals surface area contributed by atoms with E-state index in [1.54, 1.807) is 39.6 Å². The van der Waals surface area contributed by atoms with Gasteiger partial charge in [0.05, 0.1) is 0 Å². The lowest BCUT2D eigenvalue weighted by atomic mass is 9.99. The molecule has 1 aromatic carbocycles. The lowest BCUT2D eigenvalue weighted by molar-refractivity contribution is -0.141. The smallest absolute Gasteiger partial charge is 0.408 e. The number of benzene rings is 1. The molecule has 0 aliphatic heterocycles. The van der Waals surface area contributed by atoms with E-state index >= 15 is 0 Å². The van der Waals surface area contributed by atoms with Crippen molar-refractivity contribution >= 4 is 29.7 Å². The van der Waals surface area contributed by atoms with Crippen LogP contribution in [0.5, 0.6) is 0 Å². The first-order chi connectivity index (χ1) is 14.6. The van der Waals surface area contributed by atoms with E-state index in [0.29, 0.717) is 17.7 Å². The summed E-state index contributed by atoms with van der Waals surface area (Å²) in [6, 6.07) is 5.90. The maximum atomic E-state index is 13.5. The van der Waals surface area contributed by atoms with Gasteiger partial charge in [0.1, 0.15) is 17.7 Å². The van der Waals surface area contributed by atoms with E-state index in [-0.39, 0.29) is 11.8 Å². The molecule has 1 aromatic rings. The molecule has 3 amide bonds. The number of carbonyl (C=O) groups is 3. The Morgan fingerprint density at radius 1 is 1.12 bits per heavy atom. The summed E-state index contributed by atoms with van der Waals surface area (Å²) >= 11 is 1.58. The minimum Gasteiger partial charge on any atom is -0.444 e. The van der Waals surface area contributed by atoms with E-state index in [4.69, 9.17) is 4.74 Å². The number of amides is 3. The third kappa shape index (κ3) is 9.51. The fourth-order valence-corrected chi connectivity index (χ4v) is 3.62. The normalized spacial score (nSPS) is 13.7. The van der Waals surface area contributed by atoms with Crippen LogP contribution >= 0.6 is 11.8 Å². The molecule has 0 aromatic heterocycles. The van der Waals surface area contributed by atoms with E-state index in [1.807, 2.05) is 58.2 Å².